The van der Waals surface area contributed by atoms with E-state index in [1.807, 2.05) is 6.92 Å². The van der Waals surface area contributed by atoms with Crippen LogP contribution in [0.1, 0.15) is 19.8 Å². The average Bonchev–Trinajstić information content (AvgIpc) is 3.13. The van der Waals surface area contributed by atoms with E-state index in [4.69, 9.17) is 0 Å². The Balaban J connectivity index is 0.000000204. The molecule has 0 aliphatic rings. The molecule has 0 heterocycles. The van der Waals surface area contributed by atoms with Gasteiger partial charge in [-0.15, -0.1) is 0 Å². The molecular formula is C40H39ClOP2Pt+2. The summed E-state index contributed by atoms with van der Waals surface area (Å²) in [6, 6.07) is 65.0. The smallest absolute Gasteiger partial charge is 0.0620 e. The van der Waals surface area contributed by atoms with Crippen molar-refractivity contribution in [1.29, 1.82) is 0 Å². The van der Waals surface area contributed by atoms with Gasteiger partial charge in [-0.25, -0.2) is 0 Å². The molecule has 6 aromatic carbocycles. The first-order chi connectivity index (χ1) is 22.3. The summed E-state index contributed by atoms with van der Waals surface area (Å²) in [7, 11) is 2.86. The van der Waals surface area contributed by atoms with E-state index in [-0.39, 0.29) is 0 Å². The molecule has 0 unspecified atom stereocenters. The third kappa shape index (κ3) is 12.3. The Kier molecular flexibility index (Phi) is 18.0. The number of halogens is 1. The van der Waals surface area contributed by atoms with Crippen molar-refractivity contribution in [3.8, 4) is 0 Å². The molecule has 0 radical (unpaired) electrons. The molecule has 0 N–H and O–H groups in total. The molecule has 0 saturated heterocycles. The van der Waals surface area contributed by atoms with Crippen LogP contribution in [0.25, 0.3) is 0 Å². The number of carbonyl (C=O) groups excluding carboxylic acids is 1. The molecular weight excluding hydrogens is 789 g/mol. The summed E-state index contributed by atoms with van der Waals surface area (Å²) < 4.78 is 0. The van der Waals surface area contributed by atoms with E-state index < -0.39 is 15.8 Å². The third-order valence-corrected chi connectivity index (χ3v) is 12.2. The molecule has 6 rings (SSSR count). The van der Waals surface area contributed by atoms with Gasteiger partial charge in [0.2, 0.25) is 0 Å². The normalized spacial score (nSPS) is 9.91. The molecule has 0 aliphatic carbocycles. The number of hydrogen-bond donors (Lipinski definition) is 0. The second-order valence-electron chi connectivity index (χ2n) is 9.84. The number of rotatable bonds is 8. The van der Waals surface area contributed by atoms with E-state index in [1.54, 1.807) is 25.1 Å². The van der Waals surface area contributed by atoms with Gasteiger partial charge in [0.15, 0.2) is 0 Å². The van der Waals surface area contributed by atoms with Gasteiger partial charge in [-0.05, 0) is 72.8 Å². The van der Waals surface area contributed by atoms with Gasteiger partial charge >= 0.3 is 28.2 Å². The van der Waals surface area contributed by atoms with Gasteiger partial charge in [0.25, 0.3) is 0 Å². The zero-order valence-electron chi connectivity index (χ0n) is 25.3. The number of hydrogen-bond acceptors (Lipinski definition) is 1. The number of benzene rings is 6. The Hall–Kier alpha value is -3.17. The maximum Gasteiger partial charge on any atom is 0.102 e. The Labute approximate surface area is 287 Å². The maximum absolute atomic E-state index is 9.28. The summed E-state index contributed by atoms with van der Waals surface area (Å²) in [5.41, 5.74) is 0. The predicted octanol–water partition coefficient (Wildman–Crippen LogP) is 7.94. The molecule has 1 nitrogen and oxygen atoms in total. The van der Waals surface area contributed by atoms with Gasteiger partial charge in [0.05, 0.1) is 15.8 Å². The van der Waals surface area contributed by atoms with E-state index in [9.17, 15) is 4.79 Å². The minimum atomic E-state index is -0.877. The van der Waals surface area contributed by atoms with Crippen molar-refractivity contribution in [2.45, 2.75) is 19.8 Å². The molecule has 0 aliphatic heterocycles. The fraction of sp³-hybridized carbons (Fsp3) is 0.0750. The van der Waals surface area contributed by atoms with Crippen LogP contribution in [0.4, 0.5) is 0 Å². The summed E-state index contributed by atoms with van der Waals surface area (Å²) in [6.07, 6.45) is 3.27. The first-order valence-corrected chi connectivity index (χ1v) is 20.7. The van der Waals surface area contributed by atoms with Gasteiger partial charge in [-0.3, -0.25) is 6.29 Å². The predicted molar refractivity (Wildman–Crippen MR) is 200 cm³/mol. The van der Waals surface area contributed by atoms with Crippen molar-refractivity contribution in [3.05, 3.63) is 182 Å². The van der Waals surface area contributed by atoms with Crippen molar-refractivity contribution in [1.82, 2.24) is 0 Å². The minimum absolute atomic E-state index is 0.583. The Morgan fingerprint density at radius 2 is 0.600 bits per heavy atom. The molecule has 230 valence electrons. The quantitative estimate of drug-likeness (QED) is 0.113. The van der Waals surface area contributed by atoms with Crippen LogP contribution < -0.4 is 31.8 Å². The van der Waals surface area contributed by atoms with Crippen LogP contribution in [-0.2, 0) is 23.6 Å². The molecule has 0 saturated carbocycles. The molecule has 6 aromatic rings. The van der Waals surface area contributed by atoms with E-state index in [1.165, 1.54) is 31.8 Å². The average molecular weight is 828 g/mol. The zero-order valence-corrected chi connectivity index (χ0v) is 30.4. The van der Waals surface area contributed by atoms with Crippen LogP contribution >= 0.6 is 25.3 Å². The van der Waals surface area contributed by atoms with E-state index in [0.717, 1.165) is 6.42 Å². The Morgan fingerprint density at radius 1 is 0.422 bits per heavy atom. The fourth-order valence-electron chi connectivity index (χ4n) is 4.73. The van der Waals surface area contributed by atoms with Crippen LogP contribution in [0.15, 0.2) is 182 Å². The van der Waals surface area contributed by atoms with Crippen LogP contribution in [0.5, 0.6) is 0 Å². The standard InChI is InChI=1S/2C18H15P.C4H7O.ClH.Pt/c2*1-4-10-16(11-5-1)19(17-12-6-2-7-13-17)18-14-8-3-9-15-18;1-2-3-4-5;;/h2*1-15H;2-3H2,1H3;1H;/q;;-1;;+2/p+1. The van der Waals surface area contributed by atoms with Crippen LogP contribution in [0.3, 0.4) is 0 Å². The fourth-order valence-corrected chi connectivity index (χ4v) is 9.89. The summed E-state index contributed by atoms with van der Waals surface area (Å²) >= 11 is 1.61. The summed E-state index contributed by atoms with van der Waals surface area (Å²) in [5, 5.41) is 8.61. The van der Waals surface area contributed by atoms with Gasteiger partial charge in [-0.1, -0.05) is 123 Å². The van der Waals surface area contributed by atoms with Gasteiger partial charge in [0, 0.05) is 0 Å². The molecule has 45 heavy (non-hydrogen) atoms. The van der Waals surface area contributed by atoms with Crippen molar-refractivity contribution >= 4 is 63.4 Å². The van der Waals surface area contributed by atoms with Gasteiger partial charge in [0.1, 0.15) is 31.8 Å². The van der Waals surface area contributed by atoms with Crippen molar-refractivity contribution in [3.63, 3.8) is 0 Å². The third-order valence-electron chi connectivity index (χ3n) is 6.73. The van der Waals surface area contributed by atoms with Crippen molar-refractivity contribution in [2.75, 3.05) is 0 Å². The maximum atomic E-state index is 9.28. The van der Waals surface area contributed by atoms with Gasteiger partial charge < -0.3 is 4.79 Å². The van der Waals surface area contributed by atoms with E-state index in [0.29, 0.717) is 6.42 Å². The molecule has 5 heteroatoms. The molecule has 0 spiro atoms. The van der Waals surface area contributed by atoms with Crippen molar-refractivity contribution in [2.24, 2.45) is 0 Å². The van der Waals surface area contributed by atoms with Crippen LogP contribution in [0.2, 0.25) is 0 Å². The first-order valence-electron chi connectivity index (χ1n) is 14.8. The monoisotopic (exact) mass is 827 g/mol. The largest absolute Gasteiger partial charge is 0.102 e. The molecule has 0 fully saturated rings. The molecule has 0 bridgehead atoms. The Morgan fingerprint density at radius 3 is 0.711 bits per heavy atom. The molecule has 0 amide bonds. The van der Waals surface area contributed by atoms with Crippen LogP contribution in [0, 0.1) is 0 Å². The molecule has 0 atom stereocenters. The second-order valence-corrected chi connectivity index (χ2v) is 14.8. The molecule has 0 aromatic heterocycles. The zero-order chi connectivity index (χ0) is 32.0. The summed E-state index contributed by atoms with van der Waals surface area (Å²) in [4.78, 5) is 9.28. The second kappa shape index (κ2) is 22.4. The topological polar surface area (TPSA) is 17.1 Å². The van der Waals surface area contributed by atoms with Crippen molar-refractivity contribution < 1.29 is 23.6 Å². The summed E-state index contributed by atoms with van der Waals surface area (Å²) in [5.74, 6) is 0. The number of unbranched alkanes of at least 4 members (excludes halogenated alkanes) is 1. The van der Waals surface area contributed by atoms with E-state index >= 15 is 0 Å². The first kappa shape index (κ1) is 36.3. The minimum Gasteiger partial charge on any atom is -0.0620 e. The van der Waals surface area contributed by atoms with E-state index in [2.05, 4.69) is 191 Å². The SMILES string of the molecule is CCC[C-]=O.[Cl][Pt+].c1ccc([PH+](c2ccccc2)c2ccccc2)cc1.c1ccc([PH+](c2ccccc2)c2ccccc2)cc1. The van der Waals surface area contributed by atoms with Crippen LogP contribution in [-0.4, -0.2) is 6.29 Å². The van der Waals surface area contributed by atoms with Gasteiger partial charge in [-0.2, -0.15) is 6.42 Å². The Bertz CT molecular complexity index is 1270. The summed E-state index contributed by atoms with van der Waals surface area (Å²) in [6.45, 7) is 1.95.